The second-order valence-electron chi connectivity index (χ2n) is 6.25. The maximum atomic E-state index is 12.7. The number of rotatable bonds is 2. The summed E-state index contributed by atoms with van der Waals surface area (Å²) in [5, 5.41) is 3.71. The zero-order chi connectivity index (χ0) is 17.4. The number of carbonyl (C=O) groups is 1. The lowest BCUT2D eigenvalue weighted by atomic mass is 9.87. The minimum absolute atomic E-state index is 0.0358. The van der Waals surface area contributed by atoms with Crippen molar-refractivity contribution in [3.63, 3.8) is 0 Å². The quantitative estimate of drug-likeness (QED) is 0.653. The fourth-order valence-electron chi connectivity index (χ4n) is 3.39. The highest BCUT2D eigenvalue weighted by Gasteiger charge is 2.23. The molecule has 0 fully saturated rings. The van der Waals surface area contributed by atoms with Gasteiger partial charge in [-0.3, -0.25) is 4.79 Å². The van der Waals surface area contributed by atoms with E-state index in [4.69, 9.17) is 4.42 Å². The van der Waals surface area contributed by atoms with Crippen molar-refractivity contribution in [2.75, 3.05) is 0 Å². The molecule has 0 saturated carbocycles. The summed E-state index contributed by atoms with van der Waals surface area (Å²) in [4.78, 5) is 24.9. The zero-order valence-electron chi connectivity index (χ0n) is 13.4. The summed E-state index contributed by atoms with van der Waals surface area (Å²) in [5.74, 6) is -0.391. The molecule has 3 aromatic rings. The van der Waals surface area contributed by atoms with E-state index < -0.39 is 11.5 Å². The molecular weight excluding hydrogens is 382 g/mol. The molecule has 4 rings (SSSR count). The van der Waals surface area contributed by atoms with Gasteiger partial charge < -0.3 is 9.73 Å². The molecule has 1 amide bonds. The molecule has 1 N–H and O–H groups in total. The number of halogens is 1. The van der Waals surface area contributed by atoms with E-state index in [0.717, 1.165) is 29.3 Å². The summed E-state index contributed by atoms with van der Waals surface area (Å²) in [6.45, 7) is 0. The third kappa shape index (κ3) is 3.12. The Balaban J connectivity index is 1.67. The van der Waals surface area contributed by atoms with Gasteiger partial charge >= 0.3 is 5.63 Å². The van der Waals surface area contributed by atoms with Gasteiger partial charge in [-0.1, -0.05) is 40.2 Å². The molecule has 1 aromatic heterocycles. The Hall–Kier alpha value is -2.40. The number of benzene rings is 2. The van der Waals surface area contributed by atoms with Crippen LogP contribution in [0, 0.1) is 0 Å². The summed E-state index contributed by atoms with van der Waals surface area (Å²) in [7, 11) is 0. The standard InChI is InChI=1S/C20H16BrNO3/c21-14-8-9-18-13(10-14)11-16(20(24)25-18)19(23)22-17-7-3-5-12-4-1-2-6-15(12)17/h1-2,4,6,8-11,17H,3,5,7H2,(H,22,23)/t17-/m1/s1. The highest BCUT2D eigenvalue weighted by atomic mass is 79.9. The molecule has 0 bridgehead atoms. The molecule has 1 aliphatic rings. The van der Waals surface area contributed by atoms with Crippen LogP contribution in [0.5, 0.6) is 0 Å². The van der Waals surface area contributed by atoms with Crippen LogP contribution >= 0.6 is 15.9 Å². The zero-order valence-corrected chi connectivity index (χ0v) is 15.0. The predicted molar refractivity (Wildman–Crippen MR) is 99.8 cm³/mol. The Morgan fingerprint density at radius 2 is 2.00 bits per heavy atom. The molecule has 1 aliphatic carbocycles. The van der Waals surface area contributed by atoms with Crippen LogP contribution in [-0.2, 0) is 6.42 Å². The van der Waals surface area contributed by atoms with Gasteiger partial charge in [0.15, 0.2) is 0 Å². The first-order valence-electron chi connectivity index (χ1n) is 8.24. The first-order valence-corrected chi connectivity index (χ1v) is 9.03. The van der Waals surface area contributed by atoms with E-state index in [-0.39, 0.29) is 11.6 Å². The lowest BCUT2D eigenvalue weighted by Gasteiger charge is -2.26. The van der Waals surface area contributed by atoms with Gasteiger partial charge in [0.05, 0.1) is 6.04 Å². The minimum Gasteiger partial charge on any atom is -0.422 e. The average molecular weight is 398 g/mol. The molecule has 0 unspecified atom stereocenters. The maximum Gasteiger partial charge on any atom is 0.349 e. The number of amides is 1. The number of carbonyl (C=O) groups excluding carboxylic acids is 1. The lowest BCUT2D eigenvalue weighted by molar-refractivity contribution is 0.0929. The van der Waals surface area contributed by atoms with Crippen LogP contribution in [0.3, 0.4) is 0 Å². The topological polar surface area (TPSA) is 59.3 Å². The SMILES string of the molecule is O=C(N[C@@H]1CCCc2ccccc21)c1cc2cc(Br)ccc2oc1=O. The van der Waals surface area contributed by atoms with Gasteiger partial charge in [0.1, 0.15) is 11.1 Å². The Bertz CT molecular complexity index is 1020. The number of nitrogens with one attached hydrogen (secondary N) is 1. The predicted octanol–water partition coefficient (Wildman–Crippen LogP) is 4.36. The van der Waals surface area contributed by atoms with E-state index in [2.05, 4.69) is 27.3 Å². The molecule has 2 aromatic carbocycles. The van der Waals surface area contributed by atoms with Crippen molar-refractivity contribution in [2.45, 2.75) is 25.3 Å². The van der Waals surface area contributed by atoms with Gasteiger partial charge in [0.2, 0.25) is 0 Å². The summed E-state index contributed by atoms with van der Waals surface area (Å²) in [6, 6.07) is 15.0. The number of hydrogen-bond acceptors (Lipinski definition) is 3. The van der Waals surface area contributed by atoms with Gasteiger partial charge in [-0.15, -0.1) is 0 Å². The summed E-state index contributed by atoms with van der Waals surface area (Å²) >= 11 is 3.39. The Labute approximate surface area is 153 Å². The lowest BCUT2D eigenvalue weighted by Crippen LogP contribution is -2.33. The van der Waals surface area contributed by atoms with E-state index in [1.165, 1.54) is 5.56 Å². The second-order valence-corrected chi connectivity index (χ2v) is 7.16. The summed E-state index contributed by atoms with van der Waals surface area (Å²) < 4.78 is 6.15. The molecule has 25 heavy (non-hydrogen) atoms. The third-order valence-corrected chi connectivity index (χ3v) is 5.11. The molecule has 5 heteroatoms. The van der Waals surface area contributed by atoms with Crippen molar-refractivity contribution in [2.24, 2.45) is 0 Å². The fraction of sp³-hybridized carbons (Fsp3) is 0.200. The normalized spacial score (nSPS) is 16.4. The molecule has 0 radical (unpaired) electrons. The van der Waals surface area contributed by atoms with Crippen molar-refractivity contribution < 1.29 is 9.21 Å². The third-order valence-electron chi connectivity index (χ3n) is 4.61. The van der Waals surface area contributed by atoms with Gasteiger partial charge in [-0.25, -0.2) is 4.79 Å². The fourth-order valence-corrected chi connectivity index (χ4v) is 3.77. The van der Waals surface area contributed by atoms with Crippen LogP contribution < -0.4 is 10.9 Å². The molecule has 0 saturated heterocycles. The molecule has 1 atom stereocenters. The summed E-state index contributed by atoms with van der Waals surface area (Å²) in [6.07, 6.45) is 2.91. The monoisotopic (exact) mass is 397 g/mol. The summed E-state index contributed by atoms with van der Waals surface area (Å²) in [5.41, 5.74) is 2.28. The van der Waals surface area contributed by atoms with Crippen LogP contribution in [0.25, 0.3) is 11.0 Å². The van der Waals surface area contributed by atoms with Crippen LogP contribution in [0.4, 0.5) is 0 Å². The molecule has 0 spiro atoms. The molecule has 4 nitrogen and oxygen atoms in total. The van der Waals surface area contributed by atoms with Crippen LogP contribution in [0.2, 0.25) is 0 Å². The van der Waals surface area contributed by atoms with Crippen molar-refractivity contribution >= 4 is 32.8 Å². The Morgan fingerprint density at radius 3 is 2.88 bits per heavy atom. The van der Waals surface area contributed by atoms with Crippen molar-refractivity contribution in [1.29, 1.82) is 0 Å². The van der Waals surface area contributed by atoms with Gasteiger partial charge in [0.25, 0.3) is 5.91 Å². The van der Waals surface area contributed by atoms with Gasteiger partial charge in [-0.05, 0) is 54.7 Å². The number of fused-ring (bicyclic) bond motifs is 2. The largest absolute Gasteiger partial charge is 0.422 e. The van der Waals surface area contributed by atoms with E-state index in [1.807, 2.05) is 24.3 Å². The second kappa shape index (κ2) is 6.48. The maximum absolute atomic E-state index is 12.7. The van der Waals surface area contributed by atoms with Crippen LogP contribution in [-0.4, -0.2) is 5.91 Å². The van der Waals surface area contributed by atoms with Crippen molar-refractivity contribution in [3.05, 3.63) is 80.1 Å². The first-order chi connectivity index (χ1) is 12.1. The molecule has 126 valence electrons. The first kappa shape index (κ1) is 16.1. The number of aryl methyl sites for hydroxylation is 1. The Morgan fingerprint density at radius 1 is 1.16 bits per heavy atom. The van der Waals surface area contributed by atoms with E-state index in [0.29, 0.717) is 11.0 Å². The van der Waals surface area contributed by atoms with Crippen LogP contribution in [0.1, 0.15) is 40.4 Å². The minimum atomic E-state index is -0.614. The van der Waals surface area contributed by atoms with Crippen LogP contribution in [0.15, 0.2) is 62.2 Å². The van der Waals surface area contributed by atoms with Gasteiger partial charge in [-0.2, -0.15) is 0 Å². The van der Waals surface area contributed by atoms with Crippen molar-refractivity contribution in [1.82, 2.24) is 5.32 Å². The number of hydrogen-bond donors (Lipinski definition) is 1. The highest BCUT2D eigenvalue weighted by molar-refractivity contribution is 9.10. The average Bonchev–Trinajstić information content (AvgIpc) is 2.62. The van der Waals surface area contributed by atoms with E-state index >= 15 is 0 Å². The Kier molecular flexibility index (Phi) is 4.17. The molecular formula is C20H16BrNO3. The van der Waals surface area contributed by atoms with Crippen molar-refractivity contribution in [3.8, 4) is 0 Å². The van der Waals surface area contributed by atoms with Gasteiger partial charge in [0, 0.05) is 9.86 Å². The van der Waals surface area contributed by atoms with E-state index in [1.54, 1.807) is 18.2 Å². The molecule has 1 heterocycles. The molecule has 0 aliphatic heterocycles. The van der Waals surface area contributed by atoms with E-state index in [9.17, 15) is 9.59 Å². The smallest absolute Gasteiger partial charge is 0.349 e. The highest BCUT2D eigenvalue weighted by Crippen LogP contribution is 2.29.